The van der Waals surface area contributed by atoms with Crippen LogP contribution in [0.2, 0.25) is 0 Å². The summed E-state index contributed by atoms with van der Waals surface area (Å²) in [5.41, 5.74) is 0.841. The van der Waals surface area contributed by atoms with E-state index in [0.29, 0.717) is 0 Å². The molecule has 2 rings (SSSR count). The standard InChI is InChI=1S/C8H13Br/c1-6-2-8(3-6)4-7(9)5-8/h6-7H,2-5H2,1H3. The fourth-order valence-electron chi connectivity index (χ4n) is 2.63. The van der Waals surface area contributed by atoms with Gasteiger partial charge < -0.3 is 0 Å². The molecule has 0 aliphatic heterocycles. The summed E-state index contributed by atoms with van der Waals surface area (Å²) >= 11 is 3.63. The molecule has 0 nitrogen and oxygen atoms in total. The first-order valence-electron chi connectivity index (χ1n) is 3.84. The van der Waals surface area contributed by atoms with E-state index >= 15 is 0 Å². The van der Waals surface area contributed by atoms with Crippen LogP contribution in [0.5, 0.6) is 0 Å². The first-order valence-corrected chi connectivity index (χ1v) is 4.76. The van der Waals surface area contributed by atoms with E-state index in [0.717, 1.165) is 16.2 Å². The second-order valence-electron chi connectivity index (χ2n) is 4.02. The molecule has 0 amide bonds. The first kappa shape index (κ1) is 6.21. The molecule has 0 aromatic rings. The van der Waals surface area contributed by atoms with Crippen LogP contribution in [0.3, 0.4) is 0 Å². The summed E-state index contributed by atoms with van der Waals surface area (Å²) < 4.78 is 0. The zero-order valence-corrected chi connectivity index (χ0v) is 7.45. The highest BCUT2D eigenvalue weighted by molar-refractivity contribution is 9.09. The molecule has 9 heavy (non-hydrogen) atoms. The number of rotatable bonds is 0. The topological polar surface area (TPSA) is 0 Å². The van der Waals surface area contributed by atoms with E-state index in [9.17, 15) is 0 Å². The Hall–Kier alpha value is 0.480. The van der Waals surface area contributed by atoms with Gasteiger partial charge in [-0.1, -0.05) is 22.9 Å². The van der Waals surface area contributed by atoms with E-state index in [1.54, 1.807) is 0 Å². The van der Waals surface area contributed by atoms with Crippen molar-refractivity contribution in [3.05, 3.63) is 0 Å². The van der Waals surface area contributed by atoms with E-state index in [1.807, 2.05) is 0 Å². The first-order chi connectivity index (χ1) is 4.20. The summed E-state index contributed by atoms with van der Waals surface area (Å²) in [5, 5.41) is 0. The number of alkyl halides is 1. The highest BCUT2D eigenvalue weighted by Crippen LogP contribution is 2.60. The van der Waals surface area contributed by atoms with Crippen molar-refractivity contribution >= 4 is 15.9 Å². The maximum absolute atomic E-state index is 3.63. The predicted molar refractivity (Wildman–Crippen MR) is 42.8 cm³/mol. The summed E-state index contributed by atoms with van der Waals surface area (Å²) in [4.78, 5) is 0.866. The van der Waals surface area contributed by atoms with Gasteiger partial charge in [-0.2, -0.15) is 0 Å². The Morgan fingerprint density at radius 3 is 2.11 bits per heavy atom. The minimum Gasteiger partial charge on any atom is -0.0890 e. The van der Waals surface area contributed by atoms with Crippen molar-refractivity contribution < 1.29 is 0 Å². The Balaban J connectivity index is 1.87. The van der Waals surface area contributed by atoms with Crippen LogP contribution < -0.4 is 0 Å². The summed E-state index contributed by atoms with van der Waals surface area (Å²) in [6.07, 6.45) is 5.93. The normalized spacial score (nSPS) is 56.7. The molecule has 0 heterocycles. The summed E-state index contributed by atoms with van der Waals surface area (Å²) in [7, 11) is 0. The van der Waals surface area contributed by atoms with Gasteiger partial charge in [-0.25, -0.2) is 0 Å². The van der Waals surface area contributed by atoms with Crippen molar-refractivity contribution in [1.82, 2.24) is 0 Å². The Labute approximate surface area is 65.1 Å². The molecular formula is C8H13Br. The molecular weight excluding hydrogens is 176 g/mol. The van der Waals surface area contributed by atoms with Crippen molar-refractivity contribution in [2.24, 2.45) is 11.3 Å². The Kier molecular flexibility index (Phi) is 1.20. The molecule has 52 valence electrons. The molecule has 1 heteroatoms. The number of hydrogen-bond acceptors (Lipinski definition) is 0. The predicted octanol–water partition coefficient (Wildman–Crippen LogP) is 2.96. The van der Waals surface area contributed by atoms with E-state index in [4.69, 9.17) is 0 Å². The molecule has 2 aliphatic rings. The highest BCUT2D eigenvalue weighted by Gasteiger charge is 2.50. The molecule has 0 saturated heterocycles. The molecule has 2 saturated carbocycles. The van der Waals surface area contributed by atoms with Crippen LogP contribution in [0.25, 0.3) is 0 Å². The van der Waals surface area contributed by atoms with Crippen molar-refractivity contribution in [3.63, 3.8) is 0 Å². The van der Waals surface area contributed by atoms with Gasteiger partial charge in [0.15, 0.2) is 0 Å². The Bertz CT molecular complexity index is 99.0. The third-order valence-electron chi connectivity index (χ3n) is 2.87. The highest BCUT2D eigenvalue weighted by atomic mass is 79.9. The average Bonchev–Trinajstić information content (AvgIpc) is 1.58. The van der Waals surface area contributed by atoms with Crippen LogP contribution in [-0.2, 0) is 0 Å². The van der Waals surface area contributed by atoms with Gasteiger partial charge in [0.2, 0.25) is 0 Å². The molecule has 0 aromatic carbocycles. The fourth-order valence-corrected chi connectivity index (χ4v) is 4.01. The molecule has 0 bridgehead atoms. The van der Waals surface area contributed by atoms with Crippen molar-refractivity contribution in [2.45, 2.75) is 37.4 Å². The average molecular weight is 189 g/mol. The minimum atomic E-state index is 0.841. The van der Waals surface area contributed by atoms with Crippen LogP contribution in [0.4, 0.5) is 0 Å². The lowest BCUT2D eigenvalue weighted by atomic mass is 9.52. The van der Waals surface area contributed by atoms with Gasteiger partial charge in [0.25, 0.3) is 0 Å². The second-order valence-corrected chi connectivity index (χ2v) is 5.31. The van der Waals surface area contributed by atoms with E-state index in [-0.39, 0.29) is 0 Å². The van der Waals surface area contributed by atoms with Gasteiger partial charge in [-0.3, -0.25) is 0 Å². The van der Waals surface area contributed by atoms with Gasteiger partial charge in [-0.05, 0) is 37.0 Å². The van der Waals surface area contributed by atoms with Gasteiger partial charge in [-0.15, -0.1) is 0 Å². The zero-order valence-electron chi connectivity index (χ0n) is 5.86. The monoisotopic (exact) mass is 188 g/mol. The molecule has 0 unspecified atom stereocenters. The summed E-state index contributed by atoms with van der Waals surface area (Å²) in [5.74, 6) is 1.03. The molecule has 2 fully saturated rings. The van der Waals surface area contributed by atoms with E-state index in [2.05, 4.69) is 22.9 Å². The van der Waals surface area contributed by atoms with Crippen LogP contribution in [-0.4, -0.2) is 4.83 Å². The lowest BCUT2D eigenvalue weighted by Crippen LogP contribution is -2.47. The molecule has 1 spiro atoms. The van der Waals surface area contributed by atoms with Gasteiger partial charge >= 0.3 is 0 Å². The van der Waals surface area contributed by atoms with Crippen LogP contribution in [0, 0.1) is 11.3 Å². The molecule has 2 aliphatic carbocycles. The second kappa shape index (κ2) is 1.75. The van der Waals surface area contributed by atoms with Crippen LogP contribution in [0.1, 0.15) is 32.6 Å². The maximum Gasteiger partial charge on any atom is 0.0156 e. The van der Waals surface area contributed by atoms with E-state index in [1.165, 1.54) is 25.7 Å². The molecule has 0 atom stereocenters. The lowest BCUT2D eigenvalue weighted by Gasteiger charge is -2.55. The van der Waals surface area contributed by atoms with Gasteiger partial charge in [0, 0.05) is 4.83 Å². The fraction of sp³-hybridized carbons (Fsp3) is 1.00. The third-order valence-corrected chi connectivity index (χ3v) is 3.52. The largest absolute Gasteiger partial charge is 0.0890 e. The lowest BCUT2D eigenvalue weighted by molar-refractivity contribution is -0.00876. The quantitative estimate of drug-likeness (QED) is 0.514. The molecule has 0 aromatic heterocycles. The van der Waals surface area contributed by atoms with Crippen LogP contribution in [0.15, 0.2) is 0 Å². The molecule has 0 N–H and O–H groups in total. The smallest absolute Gasteiger partial charge is 0.0156 e. The Morgan fingerprint density at radius 1 is 1.22 bits per heavy atom. The van der Waals surface area contributed by atoms with Crippen molar-refractivity contribution in [2.75, 3.05) is 0 Å². The third kappa shape index (κ3) is 0.849. The maximum atomic E-state index is 3.63. The van der Waals surface area contributed by atoms with Crippen LogP contribution >= 0.6 is 15.9 Å². The SMILES string of the molecule is CC1CC2(C1)CC(Br)C2. The van der Waals surface area contributed by atoms with Gasteiger partial charge in [0.05, 0.1) is 0 Å². The van der Waals surface area contributed by atoms with Crippen molar-refractivity contribution in [1.29, 1.82) is 0 Å². The number of halogens is 1. The molecule has 0 radical (unpaired) electrons. The summed E-state index contributed by atoms with van der Waals surface area (Å²) in [6, 6.07) is 0. The minimum absolute atomic E-state index is 0.841. The Morgan fingerprint density at radius 2 is 1.78 bits per heavy atom. The van der Waals surface area contributed by atoms with Gasteiger partial charge in [0.1, 0.15) is 0 Å². The summed E-state index contributed by atoms with van der Waals surface area (Å²) in [6.45, 7) is 2.37. The van der Waals surface area contributed by atoms with E-state index < -0.39 is 0 Å². The van der Waals surface area contributed by atoms with Crippen molar-refractivity contribution in [3.8, 4) is 0 Å². The zero-order chi connectivity index (χ0) is 6.48. The number of hydrogen-bond donors (Lipinski definition) is 0.